The quantitative estimate of drug-likeness (QED) is 0.163. The Bertz CT molecular complexity index is 1660. The summed E-state index contributed by atoms with van der Waals surface area (Å²) >= 11 is 6.40. The van der Waals surface area contributed by atoms with Gasteiger partial charge >= 0.3 is 0 Å². The zero-order valence-corrected chi connectivity index (χ0v) is 22.3. The van der Waals surface area contributed by atoms with Crippen LogP contribution in [-0.4, -0.2) is 35.6 Å². The number of ether oxygens (including phenoxy) is 2. The molecule has 1 aliphatic heterocycles. The number of aliphatic hydroxyl groups excluding tert-OH is 1. The second kappa shape index (κ2) is 10.3. The zero-order chi connectivity index (χ0) is 27.8. The van der Waals surface area contributed by atoms with E-state index in [0.29, 0.717) is 17.9 Å². The van der Waals surface area contributed by atoms with Crippen LogP contribution in [0.4, 0.5) is 5.69 Å². The number of aliphatic hydroxyl groups is 1. The van der Waals surface area contributed by atoms with Crippen molar-refractivity contribution in [2.45, 2.75) is 19.9 Å². The number of ketones is 1. The van der Waals surface area contributed by atoms with Crippen molar-refractivity contribution in [3.8, 4) is 17.2 Å². The molecular weight excluding hydrogens is 518 g/mol. The standard InChI is InChI=1S/C31H26ClNO6/c1-4-39-25-16-19(12-13-24(25)34)27-26(28(35)21-14-17(2)15-22(32)30(21)38-3)29(36)31(37)33(27)23-11-7-9-18-8-5-6-10-20(18)23/h5-16,27,34-35H,4H2,1-3H3/b28-26+. The van der Waals surface area contributed by atoms with E-state index in [1.807, 2.05) is 30.3 Å². The Morgan fingerprint density at radius 1 is 1.03 bits per heavy atom. The number of nitrogens with zero attached hydrogens (tertiary/aromatic N) is 1. The lowest BCUT2D eigenvalue weighted by molar-refractivity contribution is -0.132. The number of methoxy groups -OCH3 is 1. The molecule has 198 valence electrons. The molecule has 1 heterocycles. The van der Waals surface area contributed by atoms with Crippen molar-refractivity contribution in [1.82, 2.24) is 0 Å². The number of Topliss-reactive ketones (excluding diaryl/α,β-unsaturated/α-hetero) is 1. The summed E-state index contributed by atoms with van der Waals surface area (Å²) in [6, 6.07) is 19.9. The monoisotopic (exact) mass is 543 g/mol. The van der Waals surface area contributed by atoms with Gasteiger partial charge in [0.25, 0.3) is 11.7 Å². The lowest BCUT2D eigenvalue weighted by Gasteiger charge is -2.27. The third-order valence-electron chi connectivity index (χ3n) is 6.72. The van der Waals surface area contributed by atoms with E-state index < -0.39 is 23.5 Å². The summed E-state index contributed by atoms with van der Waals surface area (Å²) in [5.41, 5.74) is 1.74. The molecule has 4 aromatic rings. The number of fused-ring (bicyclic) bond motifs is 1. The van der Waals surface area contributed by atoms with Crippen molar-refractivity contribution in [3.63, 3.8) is 0 Å². The molecule has 0 aliphatic carbocycles. The van der Waals surface area contributed by atoms with Crippen LogP contribution in [0.3, 0.4) is 0 Å². The van der Waals surface area contributed by atoms with Crippen LogP contribution in [0.1, 0.15) is 29.7 Å². The number of amides is 1. The number of rotatable bonds is 6. The molecule has 0 bridgehead atoms. The summed E-state index contributed by atoms with van der Waals surface area (Å²) in [7, 11) is 1.41. The summed E-state index contributed by atoms with van der Waals surface area (Å²) in [5, 5.41) is 23.9. The number of hydrogen-bond acceptors (Lipinski definition) is 6. The molecule has 5 rings (SSSR count). The van der Waals surface area contributed by atoms with Gasteiger partial charge in [0, 0.05) is 5.39 Å². The average Bonchev–Trinajstić information content (AvgIpc) is 3.18. The maximum Gasteiger partial charge on any atom is 0.300 e. The van der Waals surface area contributed by atoms with Crippen molar-refractivity contribution < 1.29 is 29.3 Å². The van der Waals surface area contributed by atoms with Crippen LogP contribution >= 0.6 is 11.6 Å². The minimum absolute atomic E-state index is 0.0881. The molecular formula is C31H26ClNO6. The van der Waals surface area contributed by atoms with Gasteiger partial charge in [-0.15, -0.1) is 0 Å². The highest BCUT2D eigenvalue weighted by atomic mass is 35.5. The summed E-state index contributed by atoms with van der Waals surface area (Å²) < 4.78 is 11.1. The molecule has 1 amide bonds. The SMILES string of the molecule is CCOc1cc(C2/C(=C(\O)c3cc(C)cc(Cl)c3OC)C(=O)C(=O)N2c2cccc3ccccc23)ccc1O. The number of carbonyl (C=O) groups is 2. The second-order valence-corrected chi connectivity index (χ2v) is 9.56. The highest BCUT2D eigenvalue weighted by molar-refractivity contribution is 6.52. The number of hydrogen-bond donors (Lipinski definition) is 2. The average molecular weight is 544 g/mol. The van der Waals surface area contributed by atoms with Gasteiger partial charge in [-0.25, -0.2) is 0 Å². The van der Waals surface area contributed by atoms with Crippen molar-refractivity contribution >= 4 is 45.5 Å². The summed E-state index contributed by atoms with van der Waals surface area (Å²) in [6.07, 6.45) is 0. The molecule has 1 saturated heterocycles. The second-order valence-electron chi connectivity index (χ2n) is 9.16. The van der Waals surface area contributed by atoms with E-state index in [2.05, 4.69) is 0 Å². The minimum Gasteiger partial charge on any atom is -0.507 e. The van der Waals surface area contributed by atoms with Crippen molar-refractivity contribution in [2.75, 3.05) is 18.6 Å². The molecule has 1 atom stereocenters. The smallest absolute Gasteiger partial charge is 0.300 e. The van der Waals surface area contributed by atoms with Crippen LogP contribution in [0.2, 0.25) is 5.02 Å². The molecule has 2 N–H and O–H groups in total. The molecule has 8 heteroatoms. The first-order chi connectivity index (χ1) is 18.8. The van der Waals surface area contributed by atoms with E-state index in [-0.39, 0.29) is 33.4 Å². The Kier molecular flexibility index (Phi) is 6.93. The maximum atomic E-state index is 13.7. The largest absolute Gasteiger partial charge is 0.507 e. The third-order valence-corrected chi connectivity index (χ3v) is 7.00. The molecule has 0 aromatic heterocycles. The molecule has 7 nitrogen and oxygen atoms in total. The number of benzene rings is 4. The van der Waals surface area contributed by atoms with E-state index in [4.69, 9.17) is 21.1 Å². The Balaban J connectivity index is 1.83. The minimum atomic E-state index is -1.04. The van der Waals surface area contributed by atoms with Crippen LogP contribution < -0.4 is 14.4 Å². The predicted molar refractivity (Wildman–Crippen MR) is 151 cm³/mol. The normalized spacial score (nSPS) is 16.6. The topological polar surface area (TPSA) is 96.3 Å². The van der Waals surface area contributed by atoms with E-state index >= 15 is 0 Å². The number of halogens is 1. The first kappa shape index (κ1) is 26.1. The number of phenols is 1. The van der Waals surface area contributed by atoms with Gasteiger partial charge in [0.15, 0.2) is 11.5 Å². The van der Waals surface area contributed by atoms with E-state index in [0.717, 1.165) is 16.3 Å². The number of phenolic OH excluding ortho intramolecular Hbond substituents is 1. The van der Waals surface area contributed by atoms with E-state index in [1.165, 1.54) is 18.1 Å². The number of aryl methyl sites for hydroxylation is 1. The van der Waals surface area contributed by atoms with Gasteiger partial charge in [-0.1, -0.05) is 54.1 Å². The summed E-state index contributed by atoms with van der Waals surface area (Å²) in [6.45, 7) is 3.87. The number of carbonyl (C=O) groups excluding carboxylic acids is 2. The van der Waals surface area contributed by atoms with Crippen LogP contribution in [-0.2, 0) is 9.59 Å². The predicted octanol–water partition coefficient (Wildman–Crippen LogP) is 6.54. The van der Waals surface area contributed by atoms with Crippen LogP contribution in [0.5, 0.6) is 17.2 Å². The van der Waals surface area contributed by atoms with E-state index in [9.17, 15) is 19.8 Å². The molecule has 39 heavy (non-hydrogen) atoms. The lowest BCUT2D eigenvalue weighted by Crippen LogP contribution is -2.29. The maximum absolute atomic E-state index is 13.7. The Labute approximate surface area is 230 Å². The van der Waals surface area contributed by atoms with Gasteiger partial charge in [-0.2, -0.15) is 0 Å². The Morgan fingerprint density at radius 3 is 2.51 bits per heavy atom. The lowest BCUT2D eigenvalue weighted by atomic mass is 9.93. The highest BCUT2D eigenvalue weighted by Crippen LogP contribution is 2.47. The van der Waals surface area contributed by atoms with Crippen LogP contribution in [0, 0.1) is 6.92 Å². The number of aromatic hydroxyl groups is 1. The zero-order valence-electron chi connectivity index (χ0n) is 21.6. The molecule has 1 aliphatic rings. The first-order valence-corrected chi connectivity index (χ1v) is 12.7. The fourth-order valence-corrected chi connectivity index (χ4v) is 5.40. The first-order valence-electron chi connectivity index (χ1n) is 12.4. The Hall–Kier alpha value is -4.49. The molecule has 4 aromatic carbocycles. The van der Waals surface area contributed by atoms with E-state index in [1.54, 1.807) is 50.2 Å². The van der Waals surface area contributed by atoms with Crippen LogP contribution in [0.25, 0.3) is 16.5 Å². The van der Waals surface area contributed by atoms with Gasteiger partial charge in [0.05, 0.1) is 41.6 Å². The molecule has 0 radical (unpaired) electrons. The summed E-state index contributed by atoms with van der Waals surface area (Å²) in [5.74, 6) is -1.81. The van der Waals surface area contributed by atoms with Crippen LogP contribution in [0.15, 0.2) is 78.4 Å². The van der Waals surface area contributed by atoms with Gasteiger partial charge < -0.3 is 19.7 Å². The van der Waals surface area contributed by atoms with Crippen molar-refractivity contribution in [1.29, 1.82) is 0 Å². The number of anilines is 1. The summed E-state index contributed by atoms with van der Waals surface area (Å²) in [4.78, 5) is 28.8. The fourth-order valence-electron chi connectivity index (χ4n) is 5.04. The van der Waals surface area contributed by atoms with Crippen molar-refractivity contribution in [2.24, 2.45) is 0 Å². The van der Waals surface area contributed by atoms with Gasteiger partial charge in [-0.3, -0.25) is 14.5 Å². The van der Waals surface area contributed by atoms with Gasteiger partial charge in [0.1, 0.15) is 11.5 Å². The fraction of sp³-hybridized carbons (Fsp3) is 0.161. The van der Waals surface area contributed by atoms with Gasteiger partial charge in [0.2, 0.25) is 0 Å². The Morgan fingerprint density at radius 2 is 1.77 bits per heavy atom. The molecule has 0 saturated carbocycles. The molecule has 0 spiro atoms. The van der Waals surface area contributed by atoms with Gasteiger partial charge in [-0.05, 0) is 60.7 Å². The van der Waals surface area contributed by atoms with Crippen molar-refractivity contribution in [3.05, 3.63) is 100 Å². The third kappa shape index (κ3) is 4.45. The molecule has 1 fully saturated rings. The molecule has 1 unspecified atom stereocenters. The highest BCUT2D eigenvalue weighted by Gasteiger charge is 2.48.